The van der Waals surface area contributed by atoms with Gasteiger partial charge in [-0.2, -0.15) is 18.4 Å². The highest BCUT2D eigenvalue weighted by atomic mass is 19.4. The Balaban J connectivity index is 1.80. The molecule has 8 heteroatoms. The van der Waals surface area contributed by atoms with Crippen molar-refractivity contribution in [3.05, 3.63) is 65.5 Å². The van der Waals surface area contributed by atoms with Crippen LogP contribution < -0.4 is 4.90 Å². The van der Waals surface area contributed by atoms with Gasteiger partial charge in [0.25, 0.3) is 0 Å². The Morgan fingerprint density at radius 3 is 2.57 bits per heavy atom. The van der Waals surface area contributed by atoms with Gasteiger partial charge in [0.2, 0.25) is 0 Å². The zero-order valence-electron chi connectivity index (χ0n) is 15.9. The molecule has 0 N–H and O–H groups in total. The lowest BCUT2D eigenvalue weighted by Gasteiger charge is -2.29. The lowest BCUT2D eigenvalue weighted by molar-refractivity contribution is -0.137. The van der Waals surface area contributed by atoms with E-state index >= 15 is 0 Å². The number of hydrogen-bond acceptors (Lipinski definition) is 5. The first-order chi connectivity index (χ1) is 14.5. The molecule has 0 radical (unpaired) electrons. The van der Waals surface area contributed by atoms with Gasteiger partial charge in [0.15, 0.2) is 0 Å². The molecule has 0 atom stereocenters. The number of allylic oxidation sites excluding steroid dienone is 1. The monoisotopic (exact) mass is 410 g/mol. The van der Waals surface area contributed by atoms with Crippen LogP contribution in [0.3, 0.4) is 0 Å². The second-order valence-corrected chi connectivity index (χ2v) is 6.79. The molecule has 0 spiro atoms. The van der Waals surface area contributed by atoms with Gasteiger partial charge >= 0.3 is 6.18 Å². The van der Waals surface area contributed by atoms with Crippen LogP contribution >= 0.6 is 0 Å². The van der Waals surface area contributed by atoms with E-state index in [1.54, 1.807) is 6.08 Å². The average Bonchev–Trinajstić information content (AvgIpc) is 2.77. The third-order valence-electron chi connectivity index (χ3n) is 4.83. The van der Waals surface area contributed by atoms with E-state index in [9.17, 15) is 18.4 Å². The fourth-order valence-electron chi connectivity index (χ4n) is 3.30. The Bertz CT molecular complexity index is 1130. The van der Waals surface area contributed by atoms with E-state index in [0.29, 0.717) is 37.7 Å². The summed E-state index contributed by atoms with van der Waals surface area (Å²) in [6, 6.07) is 13.7. The van der Waals surface area contributed by atoms with Crippen molar-refractivity contribution >= 4 is 28.4 Å². The number of pyridine rings is 2. The second-order valence-electron chi connectivity index (χ2n) is 6.79. The predicted molar refractivity (Wildman–Crippen MR) is 107 cm³/mol. The Morgan fingerprint density at radius 1 is 1.13 bits per heavy atom. The van der Waals surface area contributed by atoms with Crippen LogP contribution in [0.2, 0.25) is 0 Å². The number of benzene rings is 1. The minimum absolute atomic E-state index is 0.162. The van der Waals surface area contributed by atoms with Crippen LogP contribution in [0, 0.1) is 11.3 Å². The first-order valence-electron chi connectivity index (χ1n) is 9.33. The third kappa shape index (κ3) is 4.11. The van der Waals surface area contributed by atoms with Crippen LogP contribution in [-0.4, -0.2) is 36.3 Å². The molecule has 0 aliphatic carbocycles. The largest absolute Gasteiger partial charge is 0.417 e. The summed E-state index contributed by atoms with van der Waals surface area (Å²) in [5.74, 6) is 0.705. The number of halogens is 3. The van der Waals surface area contributed by atoms with Crippen molar-refractivity contribution < 1.29 is 17.9 Å². The molecule has 0 unspecified atom stereocenters. The van der Waals surface area contributed by atoms with Crippen molar-refractivity contribution in [3.8, 4) is 6.07 Å². The maximum atomic E-state index is 12.8. The Hall–Kier alpha value is -3.44. The van der Waals surface area contributed by atoms with Gasteiger partial charge in [-0.05, 0) is 30.3 Å². The molecule has 3 aromatic rings. The van der Waals surface area contributed by atoms with E-state index in [-0.39, 0.29) is 11.3 Å². The number of rotatable bonds is 3. The topological polar surface area (TPSA) is 62.0 Å². The molecule has 152 valence electrons. The van der Waals surface area contributed by atoms with Gasteiger partial charge in [0.05, 0.1) is 35.6 Å². The smallest absolute Gasteiger partial charge is 0.378 e. The van der Waals surface area contributed by atoms with Crippen LogP contribution in [0.1, 0.15) is 16.8 Å². The Morgan fingerprint density at radius 2 is 1.90 bits per heavy atom. The van der Waals surface area contributed by atoms with Crippen molar-refractivity contribution in [2.75, 3.05) is 31.2 Å². The van der Waals surface area contributed by atoms with E-state index < -0.39 is 11.7 Å². The van der Waals surface area contributed by atoms with E-state index in [1.807, 2.05) is 36.4 Å². The van der Waals surface area contributed by atoms with Gasteiger partial charge < -0.3 is 9.64 Å². The summed E-state index contributed by atoms with van der Waals surface area (Å²) >= 11 is 0. The van der Waals surface area contributed by atoms with E-state index in [1.165, 1.54) is 6.07 Å². The molecule has 1 saturated heterocycles. The van der Waals surface area contributed by atoms with Crippen molar-refractivity contribution in [1.82, 2.24) is 9.97 Å². The predicted octanol–water partition coefficient (Wildman–Crippen LogP) is 4.55. The molecule has 1 aromatic carbocycles. The number of ether oxygens (including phenoxy) is 1. The zero-order chi connectivity index (χ0) is 21.1. The summed E-state index contributed by atoms with van der Waals surface area (Å²) in [5, 5.41) is 10.6. The molecule has 3 heterocycles. The van der Waals surface area contributed by atoms with Gasteiger partial charge in [-0.15, -0.1) is 0 Å². The quantitative estimate of drug-likeness (QED) is 0.593. The number of anilines is 1. The molecule has 2 aromatic heterocycles. The molecule has 0 saturated carbocycles. The summed E-state index contributed by atoms with van der Waals surface area (Å²) in [6.45, 7) is 2.46. The lowest BCUT2D eigenvalue weighted by atomic mass is 10.1. The second kappa shape index (κ2) is 8.13. The van der Waals surface area contributed by atoms with Crippen molar-refractivity contribution in [3.63, 3.8) is 0 Å². The molecule has 0 bridgehead atoms. The van der Waals surface area contributed by atoms with Crippen LogP contribution in [0.25, 0.3) is 22.6 Å². The molecule has 30 heavy (non-hydrogen) atoms. The maximum Gasteiger partial charge on any atom is 0.417 e. The van der Waals surface area contributed by atoms with Crippen molar-refractivity contribution in [2.24, 2.45) is 0 Å². The number of nitriles is 1. The van der Waals surface area contributed by atoms with Gasteiger partial charge in [0.1, 0.15) is 11.9 Å². The van der Waals surface area contributed by atoms with Crippen molar-refractivity contribution in [1.29, 1.82) is 5.26 Å². The number of fused-ring (bicyclic) bond motifs is 1. The summed E-state index contributed by atoms with van der Waals surface area (Å²) in [4.78, 5) is 10.7. The molecule has 1 aliphatic rings. The van der Waals surface area contributed by atoms with E-state index in [2.05, 4.69) is 9.88 Å². The van der Waals surface area contributed by atoms with Gasteiger partial charge in [-0.3, -0.25) is 4.98 Å². The fraction of sp³-hybridized carbons (Fsp3) is 0.227. The van der Waals surface area contributed by atoms with Crippen LogP contribution in [0.15, 0.2) is 48.7 Å². The molecule has 0 amide bonds. The zero-order valence-corrected chi connectivity index (χ0v) is 15.9. The first-order valence-corrected chi connectivity index (χ1v) is 9.33. The van der Waals surface area contributed by atoms with Crippen LogP contribution in [0.5, 0.6) is 0 Å². The molecular formula is C22H17F3N4O. The normalized spacial score (nSPS) is 15.3. The third-order valence-corrected chi connectivity index (χ3v) is 4.83. The van der Waals surface area contributed by atoms with E-state index in [0.717, 1.165) is 23.2 Å². The van der Waals surface area contributed by atoms with E-state index in [4.69, 9.17) is 9.72 Å². The number of nitrogens with zero attached hydrogens (tertiary/aromatic N) is 4. The molecule has 1 fully saturated rings. The number of alkyl halides is 3. The number of aromatic nitrogens is 2. The Kier molecular flexibility index (Phi) is 5.38. The summed E-state index contributed by atoms with van der Waals surface area (Å²) < 4.78 is 43.9. The van der Waals surface area contributed by atoms with Crippen LogP contribution in [0.4, 0.5) is 19.0 Å². The van der Waals surface area contributed by atoms with Gasteiger partial charge in [0, 0.05) is 30.2 Å². The standard InChI is InChI=1S/C22H17F3N4O/c23-22(24,25)18-5-6-19(27-14-18)17(13-26)12-16-11-15-3-1-2-4-20(15)28-21(16)29-7-9-30-10-8-29/h1-6,11-12,14H,7-10H2/b17-12+. The average molecular weight is 410 g/mol. The minimum Gasteiger partial charge on any atom is -0.378 e. The van der Waals surface area contributed by atoms with Crippen LogP contribution in [-0.2, 0) is 10.9 Å². The minimum atomic E-state index is -4.48. The fourth-order valence-corrected chi connectivity index (χ4v) is 3.30. The molecule has 4 rings (SSSR count). The van der Waals surface area contributed by atoms with Crippen molar-refractivity contribution in [2.45, 2.75) is 6.18 Å². The Labute approximate surface area is 171 Å². The summed E-state index contributed by atoms with van der Waals surface area (Å²) in [7, 11) is 0. The number of hydrogen-bond donors (Lipinski definition) is 0. The molecule has 1 aliphatic heterocycles. The lowest BCUT2D eigenvalue weighted by Crippen LogP contribution is -2.37. The summed E-state index contributed by atoms with van der Waals surface area (Å²) in [5.41, 5.74) is 1.00. The molecular weight excluding hydrogens is 393 g/mol. The van der Waals surface area contributed by atoms with Gasteiger partial charge in [-0.25, -0.2) is 4.98 Å². The highest BCUT2D eigenvalue weighted by Gasteiger charge is 2.30. The highest BCUT2D eigenvalue weighted by molar-refractivity contribution is 5.93. The maximum absolute atomic E-state index is 12.8. The SMILES string of the molecule is N#C/C(=C\c1cc2ccccc2nc1N1CCOCC1)c1ccc(C(F)(F)F)cn1. The summed E-state index contributed by atoms with van der Waals surface area (Å²) in [6.07, 6.45) is -2.12. The van der Waals surface area contributed by atoms with Gasteiger partial charge in [-0.1, -0.05) is 18.2 Å². The molecule has 5 nitrogen and oxygen atoms in total. The number of para-hydroxylation sites is 1. The number of morpholine rings is 1. The highest BCUT2D eigenvalue weighted by Crippen LogP contribution is 2.31. The first kappa shape index (κ1) is 19.9.